The van der Waals surface area contributed by atoms with Crippen LogP contribution in [0.3, 0.4) is 0 Å². The molecule has 0 aromatic heterocycles. The van der Waals surface area contributed by atoms with Crippen LogP contribution in [0.1, 0.15) is 0 Å². The average Bonchev–Trinajstić information content (AvgIpc) is 2.35. The fraction of sp³-hybridized carbons (Fsp3) is 0.0714. The predicted octanol–water partition coefficient (Wildman–Crippen LogP) is 2.65. The molecule has 4 nitrogen and oxygen atoms in total. The fourth-order valence-electron chi connectivity index (χ4n) is 2.13. The second-order valence-corrected chi connectivity index (χ2v) is 4.07. The van der Waals surface area contributed by atoms with Crippen LogP contribution in [0.15, 0.2) is 45.6 Å². The van der Waals surface area contributed by atoms with E-state index in [1.165, 1.54) is 18.2 Å². The highest BCUT2D eigenvalue weighted by Gasteiger charge is 2.14. The zero-order valence-electron chi connectivity index (χ0n) is 9.73. The van der Waals surface area contributed by atoms with Crippen LogP contribution in [0.25, 0.3) is 22.3 Å². The number of rotatable bonds is 1. The van der Waals surface area contributed by atoms with E-state index in [0.717, 1.165) is 16.6 Å². The van der Waals surface area contributed by atoms with Gasteiger partial charge in [-0.15, -0.1) is 0 Å². The lowest BCUT2D eigenvalue weighted by atomic mass is 10.0. The van der Waals surface area contributed by atoms with Crippen LogP contribution >= 0.6 is 0 Å². The Kier molecular flexibility index (Phi) is 2.23. The molecule has 3 rings (SSSR count). The molecular formula is C14H11NO3. The van der Waals surface area contributed by atoms with Crippen molar-refractivity contribution in [3.05, 3.63) is 46.6 Å². The number of aromatic hydroxyl groups is 1. The fourth-order valence-corrected chi connectivity index (χ4v) is 2.13. The van der Waals surface area contributed by atoms with Crippen molar-refractivity contribution in [2.45, 2.75) is 0 Å². The van der Waals surface area contributed by atoms with Crippen LogP contribution in [0.4, 0.5) is 5.69 Å². The van der Waals surface area contributed by atoms with Gasteiger partial charge in [-0.25, -0.2) is 0 Å². The van der Waals surface area contributed by atoms with Gasteiger partial charge in [0, 0.05) is 30.1 Å². The highest BCUT2D eigenvalue weighted by atomic mass is 16.3. The van der Waals surface area contributed by atoms with Crippen molar-refractivity contribution >= 4 is 16.7 Å². The lowest BCUT2D eigenvalue weighted by Gasteiger charge is -2.13. The maximum absolute atomic E-state index is 11.4. The maximum Gasteiger partial charge on any atom is 0.182 e. The third-order valence-electron chi connectivity index (χ3n) is 2.93. The quantitative estimate of drug-likeness (QED) is 0.643. The van der Waals surface area contributed by atoms with Gasteiger partial charge in [-0.2, -0.15) is 0 Å². The monoisotopic (exact) mass is 241 g/mol. The van der Waals surface area contributed by atoms with Gasteiger partial charge in [0.15, 0.2) is 5.43 Å². The minimum absolute atomic E-state index is 0.104. The number of fused-ring (bicyclic) bond motifs is 2. The highest BCUT2D eigenvalue weighted by Crippen LogP contribution is 2.37. The number of benzene rings is 2. The zero-order valence-corrected chi connectivity index (χ0v) is 9.73. The standard InChI is InChI=1S/C14H11NO3/c1-15-14-10-4-2-8(16)6-12(10)18-13-7-9(17)3-5-11(13)14/h2-7,15-16H,1H3. The van der Waals surface area contributed by atoms with E-state index in [9.17, 15) is 9.90 Å². The molecule has 0 bridgehead atoms. The Hall–Kier alpha value is -2.49. The van der Waals surface area contributed by atoms with Gasteiger partial charge < -0.3 is 14.8 Å². The van der Waals surface area contributed by atoms with Crippen molar-refractivity contribution in [2.75, 3.05) is 12.4 Å². The first-order chi connectivity index (χ1) is 8.69. The van der Waals surface area contributed by atoms with Crippen molar-refractivity contribution in [3.8, 4) is 17.1 Å². The third kappa shape index (κ3) is 1.50. The Balaban J connectivity index is 2.52. The van der Waals surface area contributed by atoms with Gasteiger partial charge in [0.2, 0.25) is 0 Å². The zero-order chi connectivity index (χ0) is 12.7. The molecule has 2 N–H and O–H groups in total. The van der Waals surface area contributed by atoms with Gasteiger partial charge >= 0.3 is 0 Å². The van der Waals surface area contributed by atoms with Gasteiger partial charge in [-0.1, -0.05) is 0 Å². The molecule has 0 spiro atoms. The Morgan fingerprint density at radius 1 is 1.17 bits per heavy atom. The van der Waals surface area contributed by atoms with E-state index in [-0.39, 0.29) is 11.2 Å². The minimum Gasteiger partial charge on any atom is -0.508 e. The molecule has 1 aliphatic carbocycles. The number of phenolic OH excluding ortho intramolecular Hbond substituents is 1. The third-order valence-corrected chi connectivity index (χ3v) is 2.93. The summed E-state index contributed by atoms with van der Waals surface area (Å²) >= 11 is 0. The number of hydrogen-bond donors (Lipinski definition) is 2. The molecule has 90 valence electrons. The smallest absolute Gasteiger partial charge is 0.182 e. The predicted molar refractivity (Wildman–Crippen MR) is 70.3 cm³/mol. The van der Waals surface area contributed by atoms with Crippen molar-refractivity contribution in [2.24, 2.45) is 0 Å². The van der Waals surface area contributed by atoms with Gasteiger partial charge in [0.05, 0.1) is 5.69 Å². The molecule has 1 aliphatic heterocycles. The number of phenols is 1. The van der Waals surface area contributed by atoms with E-state index in [4.69, 9.17) is 4.42 Å². The molecule has 0 fully saturated rings. The largest absolute Gasteiger partial charge is 0.508 e. The number of anilines is 1. The lowest BCUT2D eigenvalue weighted by Crippen LogP contribution is -2.01. The molecule has 1 aromatic rings. The van der Waals surface area contributed by atoms with Crippen molar-refractivity contribution in [3.63, 3.8) is 0 Å². The topological polar surface area (TPSA) is 62.5 Å². The Morgan fingerprint density at radius 3 is 2.78 bits per heavy atom. The molecule has 0 unspecified atom stereocenters. The molecule has 0 radical (unpaired) electrons. The van der Waals surface area contributed by atoms with E-state index in [0.29, 0.717) is 11.3 Å². The first-order valence-corrected chi connectivity index (χ1v) is 5.56. The first kappa shape index (κ1) is 10.7. The van der Waals surface area contributed by atoms with Gasteiger partial charge in [0.1, 0.15) is 17.1 Å². The van der Waals surface area contributed by atoms with Crippen molar-refractivity contribution in [1.29, 1.82) is 0 Å². The van der Waals surface area contributed by atoms with E-state index in [1.807, 2.05) is 7.05 Å². The van der Waals surface area contributed by atoms with Crippen LogP contribution < -0.4 is 10.7 Å². The number of nitrogens with one attached hydrogen (secondary N) is 1. The molecule has 1 heterocycles. The summed E-state index contributed by atoms with van der Waals surface area (Å²) in [4.78, 5) is 11.4. The van der Waals surface area contributed by atoms with Crippen molar-refractivity contribution < 1.29 is 9.52 Å². The summed E-state index contributed by atoms with van der Waals surface area (Å²) in [7, 11) is 1.81. The van der Waals surface area contributed by atoms with E-state index < -0.39 is 0 Å². The van der Waals surface area contributed by atoms with Gasteiger partial charge in [-0.3, -0.25) is 4.79 Å². The Bertz CT molecular complexity index is 761. The van der Waals surface area contributed by atoms with E-state index in [1.54, 1.807) is 18.2 Å². The van der Waals surface area contributed by atoms with Crippen LogP contribution in [-0.4, -0.2) is 12.2 Å². The molecule has 4 heteroatoms. The summed E-state index contributed by atoms with van der Waals surface area (Å²) in [6, 6.07) is 9.61. The minimum atomic E-state index is -0.104. The second kappa shape index (κ2) is 3.77. The molecule has 0 amide bonds. The molecule has 0 atom stereocenters. The van der Waals surface area contributed by atoms with Gasteiger partial charge in [0.25, 0.3) is 0 Å². The SMILES string of the molecule is CNc1c2ccc(=O)cc-2oc2cc(O)ccc12. The highest BCUT2D eigenvalue weighted by molar-refractivity contribution is 5.99. The van der Waals surface area contributed by atoms with Crippen molar-refractivity contribution in [1.82, 2.24) is 0 Å². The van der Waals surface area contributed by atoms with Crippen LogP contribution in [0, 0.1) is 0 Å². The van der Waals surface area contributed by atoms with Crippen LogP contribution in [-0.2, 0) is 0 Å². The molecule has 0 saturated carbocycles. The summed E-state index contributed by atoms with van der Waals surface area (Å²) in [6.07, 6.45) is 0. The first-order valence-electron chi connectivity index (χ1n) is 5.56. The van der Waals surface area contributed by atoms with E-state index >= 15 is 0 Å². The molecular weight excluding hydrogens is 230 g/mol. The van der Waals surface area contributed by atoms with Crippen LogP contribution in [0.2, 0.25) is 0 Å². The Morgan fingerprint density at radius 2 is 2.00 bits per heavy atom. The normalized spacial score (nSPS) is 10.9. The maximum atomic E-state index is 11.4. The summed E-state index contributed by atoms with van der Waals surface area (Å²) in [5.74, 6) is 0.635. The summed E-state index contributed by atoms with van der Waals surface area (Å²) in [6.45, 7) is 0. The second-order valence-electron chi connectivity index (χ2n) is 4.07. The number of hydrogen-bond acceptors (Lipinski definition) is 4. The van der Waals surface area contributed by atoms with E-state index in [2.05, 4.69) is 5.32 Å². The molecule has 18 heavy (non-hydrogen) atoms. The van der Waals surface area contributed by atoms with Crippen LogP contribution in [0.5, 0.6) is 5.75 Å². The van der Waals surface area contributed by atoms with Gasteiger partial charge in [-0.05, 0) is 24.3 Å². The summed E-state index contributed by atoms with van der Waals surface area (Å²) in [5.41, 5.74) is 2.16. The molecule has 1 aromatic carbocycles. The average molecular weight is 241 g/mol. The summed E-state index contributed by atoms with van der Waals surface area (Å²) in [5, 5.41) is 13.4. The summed E-state index contributed by atoms with van der Waals surface area (Å²) < 4.78 is 5.65. The Labute approximate surface area is 103 Å². The molecule has 0 saturated heterocycles. The lowest BCUT2D eigenvalue weighted by molar-refractivity contribution is 0.474. The molecule has 2 aliphatic rings.